The van der Waals surface area contributed by atoms with Crippen molar-refractivity contribution in [3.8, 4) is 5.75 Å². The van der Waals surface area contributed by atoms with E-state index in [0.717, 1.165) is 28.6 Å². The van der Waals surface area contributed by atoms with Gasteiger partial charge >= 0.3 is 0 Å². The second-order valence-electron chi connectivity index (χ2n) is 6.18. The molecule has 5 nitrogen and oxygen atoms in total. The molecule has 0 saturated heterocycles. The molecule has 27 heavy (non-hydrogen) atoms. The monoisotopic (exact) mass is 400 g/mol. The zero-order chi connectivity index (χ0) is 19.5. The Morgan fingerprint density at radius 2 is 2.04 bits per heavy atom. The number of nitrogens with zero attached hydrogens (tertiary/aromatic N) is 2. The number of ketones is 1. The molecule has 4 aromatic rings. The maximum Gasteiger partial charge on any atom is 0.266 e. The molecular weight excluding hydrogens is 387 g/mol. The van der Waals surface area contributed by atoms with Crippen LogP contribution in [0.2, 0.25) is 0 Å². The van der Waals surface area contributed by atoms with Crippen LogP contribution >= 0.6 is 24.0 Å². The number of aromatic hydroxyl groups is 1. The lowest BCUT2D eigenvalue weighted by molar-refractivity contribution is 0.103. The lowest BCUT2D eigenvalue weighted by Crippen LogP contribution is -2.17. The van der Waals surface area contributed by atoms with Gasteiger partial charge < -0.3 is 5.11 Å². The molecule has 0 atom stereocenters. The topological polar surface area (TPSA) is 71.7 Å². The first-order valence-corrected chi connectivity index (χ1v) is 9.22. The number of phenolic OH excluding ortho intramolecular Hbond substituents is 1. The van der Waals surface area contributed by atoms with E-state index >= 15 is 0 Å². The van der Waals surface area contributed by atoms with Crippen molar-refractivity contribution >= 4 is 45.6 Å². The van der Waals surface area contributed by atoms with Crippen molar-refractivity contribution in [2.45, 2.75) is 18.7 Å². The minimum absolute atomic E-state index is 0.0984. The van der Waals surface area contributed by atoms with E-state index in [9.17, 15) is 19.1 Å². The molecule has 0 unspecified atom stereocenters. The van der Waals surface area contributed by atoms with Gasteiger partial charge in [-0.1, -0.05) is 0 Å². The molecule has 8 heteroatoms. The number of aryl methyl sites for hydroxylation is 2. The Hall–Kier alpha value is -2.71. The molecule has 0 saturated carbocycles. The van der Waals surface area contributed by atoms with Gasteiger partial charge in [0.2, 0.25) is 0 Å². The predicted octanol–water partition coefficient (Wildman–Crippen LogP) is 3.89. The number of halogens is 1. The summed E-state index contributed by atoms with van der Waals surface area (Å²) in [7, 11) is 0. The molecule has 0 amide bonds. The first-order chi connectivity index (χ1) is 12.8. The number of hydrogen-bond donors (Lipinski definition) is 2. The lowest BCUT2D eigenvalue weighted by Gasteiger charge is -2.09. The van der Waals surface area contributed by atoms with E-state index in [2.05, 4.69) is 17.6 Å². The number of benzene rings is 1. The van der Waals surface area contributed by atoms with E-state index in [1.165, 1.54) is 28.0 Å². The Labute approximate surface area is 162 Å². The van der Waals surface area contributed by atoms with Crippen LogP contribution in [-0.2, 0) is 0 Å². The zero-order valence-corrected chi connectivity index (χ0v) is 16.0. The van der Waals surface area contributed by atoms with Crippen LogP contribution in [-0.4, -0.2) is 20.3 Å². The van der Waals surface area contributed by atoms with Crippen molar-refractivity contribution in [3.05, 3.63) is 68.2 Å². The Morgan fingerprint density at radius 1 is 1.30 bits per heavy atom. The molecular formula is C19H13FN2O3S2. The molecule has 0 bridgehead atoms. The van der Waals surface area contributed by atoms with Crippen LogP contribution < -0.4 is 5.56 Å². The summed E-state index contributed by atoms with van der Waals surface area (Å²) in [4.78, 5) is 32.2. The van der Waals surface area contributed by atoms with Crippen LogP contribution in [0.3, 0.4) is 0 Å². The maximum absolute atomic E-state index is 13.5. The highest BCUT2D eigenvalue weighted by molar-refractivity contribution is 7.80. The number of aromatic nitrogens is 2. The molecule has 0 aliphatic rings. The Bertz CT molecular complexity index is 1320. The summed E-state index contributed by atoms with van der Waals surface area (Å²) in [6.07, 6.45) is 1.35. The number of pyridine rings is 1. The number of carbonyl (C=O) groups is 1. The summed E-state index contributed by atoms with van der Waals surface area (Å²) in [5.41, 5.74) is 0.789. The van der Waals surface area contributed by atoms with E-state index in [-0.39, 0.29) is 22.4 Å². The number of thiophene rings is 1. The van der Waals surface area contributed by atoms with Crippen LogP contribution in [0.4, 0.5) is 4.39 Å². The van der Waals surface area contributed by atoms with Gasteiger partial charge in [-0.05, 0) is 43.7 Å². The van der Waals surface area contributed by atoms with Gasteiger partial charge in [0, 0.05) is 21.5 Å². The highest BCUT2D eigenvalue weighted by Gasteiger charge is 2.19. The molecule has 4 rings (SSSR count). The lowest BCUT2D eigenvalue weighted by atomic mass is 10.0. The maximum atomic E-state index is 13.5. The molecule has 3 aromatic heterocycles. The molecule has 1 aromatic carbocycles. The van der Waals surface area contributed by atoms with Crippen molar-refractivity contribution in [3.63, 3.8) is 0 Å². The van der Waals surface area contributed by atoms with Gasteiger partial charge in [-0.15, -0.1) is 24.0 Å². The zero-order valence-electron chi connectivity index (χ0n) is 14.3. The second kappa shape index (κ2) is 6.17. The summed E-state index contributed by atoms with van der Waals surface area (Å²) in [5, 5.41) is 10.4. The fraction of sp³-hybridized carbons (Fsp3) is 0.105. The summed E-state index contributed by atoms with van der Waals surface area (Å²) < 4.78 is 14.8. The number of rotatable bonds is 2. The SMILES string of the molecule is Cc1sc2nc3c(S)cc(C(=O)c4cc(F)ccc4O)cn3c(=O)c2c1C. The van der Waals surface area contributed by atoms with Gasteiger partial charge in [0.05, 0.1) is 10.9 Å². The van der Waals surface area contributed by atoms with Crippen molar-refractivity contribution < 1.29 is 14.3 Å². The fourth-order valence-corrected chi connectivity index (χ4v) is 4.28. The molecule has 0 spiro atoms. The normalized spacial score (nSPS) is 11.4. The molecule has 3 heterocycles. The molecule has 1 N–H and O–H groups in total. The van der Waals surface area contributed by atoms with Crippen LogP contribution in [0.1, 0.15) is 26.4 Å². The van der Waals surface area contributed by atoms with Crippen molar-refractivity contribution in [1.82, 2.24) is 9.38 Å². The van der Waals surface area contributed by atoms with Crippen molar-refractivity contribution in [2.75, 3.05) is 0 Å². The second-order valence-corrected chi connectivity index (χ2v) is 7.86. The number of hydrogen-bond acceptors (Lipinski definition) is 6. The average Bonchev–Trinajstić information content (AvgIpc) is 2.91. The van der Waals surface area contributed by atoms with E-state index in [1.54, 1.807) is 0 Å². The minimum Gasteiger partial charge on any atom is -0.507 e. The molecule has 136 valence electrons. The molecule has 0 fully saturated rings. The quantitative estimate of drug-likeness (QED) is 0.396. The third kappa shape index (κ3) is 2.72. The Kier molecular flexibility index (Phi) is 4.05. The van der Waals surface area contributed by atoms with Crippen LogP contribution in [0.15, 0.2) is 40.2 Å². The predicted molar refractivity (Wildman–Crippen MR) is 105 cm³/mol. The average molecular weight is 400 g/mol. The largest absolute Gasteiger partial charge is 0.507 e. The van der Waals surface area contributed by atoms with E-state index in [0.29, 0.717) is 20.8 Å². The van der Waals surface area contributed by atoms with Gasteiger partial charge in [0.1, 0.15) is 16.4 Å². The summed E-state index contributed by atoms with van der Waals surface area (Å²) in [6.45, 7) is 3.77. The number of carbonyl (C=O) groups excluding carboxylic acids is 1. The molecule has 0 aliphatic heterocycles. The highest BCUT2D eigenvalue weighted by atomic mass is 32.1. The smallest absolute Gasteiger partial charge is 0.266 e. The Morgan fingerprint density at radius 3 is 2.78 bits per heavy atom. The van der Waals surface area contributed by atoms with Gasteiger partial charge in [-0.25, -0.2) is 9.37 Å². The number of thiol groups is 1. The van der Waals surface area contributed by atoms with Gasteiger partial charge in [-0.3, -0.25) is 14.0 Å². The number of phenols is 1. The standard InChI is InChI=1S/C19H13FN2O3S2/c1-8-9(2)27-18-15(8)19(25)22-7-10(5-14(26)17(22)21-18)16(24)12-6-11(20)3-4-13(12)23/h3-7,23,26H,1-2H3. The van der Waals surface area contributed by atoms with Gasteiger partial charge in [0.15, 0.2) is 11.4 Å². The minimum atomic E-state index is -0.645. The summed E-state index contributed by atoms with van der Waals surface area (Å²) >= 11 is 5.80. The van der Waals surface area contributed by atoms with Crippen molar-refractivity contribution in [1.29, 1.82) is 0 Å². The van der Waals surface area contributed by atoms with Crippen molar-refractivity contribution in [2.24, 2.45) is 0 Å². The third-order valence-electron chi connectivity index (χ3n) is 4.49. The van der Waals surface area contributed by atoms with Crippen LogP contribution in [0, 0.1) is 19.7 Å². The molecule has 0 radical (unpaired) electrons. The summed E-state index contributed by atoms with van der Waals surface area (Å²) in [6, 6.07) is 4.58. The van der Waals surface area contributed by atoms with E-state index in [1.807, 2.05) is 13.8 Å². The number of fused-ring (bicyclic) bond motifs is 2. The van der Waals surface area contributed by atoms with Crippen LogP contribution in [0.25, 0.3) is 15.9 Å². The molecule has 0 aliphatic carbocycles. The fourth-order valence-electron chi connectivity index (χ4n) is 2.96. The first kappa shape index (κ1) is 17.7. The van der Waals surface area contributed by atoms with E-state index in [4.69, 9.17) is 0 Å². The highest BCUT2D eigenvalue weighted by Crippen LogP contribution is 2.28. The van der Waals surface area contributed by atoms with Gasteiger partial charge in [0.25, 0.3) is 5.56 Å². The third-order valence-corrected chi connectivity index (χ3v) is 5.92. The summed E-state index contributed by atoms with van der Waals surface area (Å²) in [5.74, 6) is -1.60. The first-order valence-electron chi connectivity index (χ1n) is 7.96. The van der Waals surface area contributed by atoms with Gasteiger partial charge in [-0.2, -0.15) is 0 Å². The van der Waals surface area contributed by atoms with E-state index < -0.39 is 11.6 Å². The van der Waals surface area contributed by atoms with Crippen LogP contribution in [0.5, 0.6) is 5.75 Å². The Balaban J connectivity index is 2.01.